The van der Waals surface area contributed by atoms with Crippen LogP contribution in [0.2, 0.25) is 0 Å². The Kier molecular flexibility index (Phi) is 3.54. The van der Waals surface area contributed by atoms with Crippen molar-refractivity contribution in [3.05, 3.63) is 69.1 Å². The first-order valence-corrected chi connectivity index (χ1v) is 6.30. The summed E-state index contributed by atoms with van der Waals surface area (Å²) < 4.78 is 18.6. The molecule has 1 aliphatic carbocycles. The quantitative estimate of drug-likeness (QED) is 0.398. The fraction of sp³-hybridized carbons (Fsp3) is 0. The first-order chi connectivity index (χ1) is 11.4. The molecule has 0 fully saturated rings. The van der Waals surface area contributed by atoms with Crippen molar-refractivity contribution < 1.29 is 28.8 Å². The van der Waals surface area contributed by atoms with Crippen LogP contribution in [0.4, 0.5) is 4.39 Å². The van der Waals surface area contributed by atoms with Crippen LogP contribution >= 0.6 is 0 Å². The average Bonchev–Trinajstić information content (AvgIpc) is 3.02. The zero-order valence-electron chi connectivity index (χ0n) is 11.6. The molecule has 11 heteroatoms. The standard InChI is InChI=1S/C13H7FN4O6/c14-10-5-6(1-2-17(10)21)12-15-16-13(24-12)7-3-8(18(22)23)11(20)9(19)4-7/h1-5,19,21H. The Morgan fingerprint density at radius 3 is 2.50 bits per heavy atom. The number of hydroxylamine groups is 2. The number of aliphatic hydroxyl groups is 1. The molecule has 2 N–H and O–H groups in total. The average molecular weight is 334 g/mol. The number of Topliss-reactive ketones (excluding diaryl/α,β-unsaturated/α-hetero) is 1. The molecule has 0 bridgehead atoms. The van der Waals surface area contributed by atoms with E-state index in [1.54, 1.807) is 0 Å². The highest BCUT2D eigenvalue weighted by atomic mass is 19.1. The van der Waals surface area contributed by atoms with Gasteiger partial charge in [0.05, 0.1) is 4.92 Å². The number of carbonyl (C=O) groups is 1. The van der Waals surface area contributed by atoms with Gasteiger partial charge in [-0.25, -0.2) is 5.06 Å². The van der Waals surface area contributed by atoms with Gasteiger partial charge in [-0.05, 0) is 12.2 Å². The van der Waals surface area contributed by atoms with Gasteiger partial charge >= 0.3 is 5.70 Å². The van der Waals surface area contributed by atoms with Gasteiger partial charge in [-0.15, -0.1) is 10.2 Å². The minimum absolute atomic E-state index is 0.0498. The van der Waals surface area contributed by atoms with Crippen LogP contribution in [0.3, 0.4) is 0 Å². The summed E-state index contributed by atoms with van der Waals surface area (Å²) in [6, 6.07) is 0. The molecule has 1 aromatic rings. The van der Waals surface area contributed by atoms with Gasteiger partial charge < -0.3 is 9.52 Å². The first kappa shape index (κ1) is 15.3. The molecule has 0 atom stereocenters. The number of halogens is 1. The number of allylic oxidation sites excluding steroid dienone is 4. The summed E-state index contributed by atoms with van der Waals surface area (Å²) in [4.78, 5) is 21.3. The molecule has 0 aromatic carbocycles. The molecule has 2 heterocycles. The van der Waals surface area contributed by atoms with Gasteiger partial charge in [0, 0.05) is 29.5 Å². The second-order valence-corrected chi connectivity index (χ2v) is 4.60. The molecule has 10 nitrogen and oxygen atoms in total. The number of ketones is 1. The Labute approximate surface area is 131 Å². The molecular formula is C13H7FN4O6. The second-order valence-electron chi connectivity index (χ2n) is 4.60. The summed E-state index contributed by atoms with van der Waals surface area (Å²) in [5, 5.41) is 36.9. The molecule has 0 radical (unpaired) electrons. The SMILES string of the molecule is O=C1C(O)=CC(=c2nnc(=C3C=CN(O)C(F)=C3)o2)C=C1[N+](=O)[O-]. The minimum Gasteiger partial charge on any atom is -0.504 e. The van der Waals surface area contributed by atoms with E-state index in [0.717, 1.165) is 24.4 Å². The molecule has 2 aliphatic rings. The van der Waals surface area contributed by atoms with Gasteiger partial charge in [-0.2, -0.15) is 4.39 Å². The first-order valence-electron chi connectivity index (χ1n) is 6.30. The Balaban J connectivity index is 2.17. The molecule has 24 heavy (non-hydrogen) atoms. The van der Waals surface area contributed by atoms with Crippen LogP contribution in [-0.4, -0.2) is 36.3 Å². The Bertz CT molecular complexity index is 1000. The summed E-state index contributed by atoms with van der Waals surface area (Å²) in [7, 11) is 0. The van der Waals surface area contributed by atoms with Crippen molar-refractivity contribution in [2.24, 2.45) is 0 Å². The van der Waals surface area contributed by atoms with Gasteiger partial charge in [-0.3, -0.25) is 20.1 Å². The predicted octanol–water partition coefficient (Wildman–Crippen LogP) is -0.414. The predicted molar refractivity (Wildman–Crippen MR) is 73.1 cm³/mol. The van der Waals surface area contributed by atoms with Crippen molar-refractivity contribution in [3.8, 4) is 0 Å². The van der Waals surface area contributed by atoms with E-state index in [-0.39, 0.29) is 27.3 Å². The second kappa shape index (κ2) is 5.55. The number of aromatic nitrogens is 2. The molecule has 0 unspecified atom stereocenters. The Morgan fingerprint density at radius 1 is 1.21 bits per heavy atom. The maximum Gasteiger partial charge on any atom is 0.321 e. The lowest BCUT2D eigenvalue weighted by Gasteiger charge is -2.11. The maximum atomic E-state index is 13.3. The number of hydrogen-bond donors (Lipinski definition) is 2. The van der Waals surface area contributed by atoms with Gasteiger partial charge in [0.15, 0.2) is 5.76 Å². The molecular weight excluding hydrogens is 327 g/mol. The number of hydrogen-bond acceptors (Lipinski definition) is 9. The third-order valence-electron chi connectivity index (χ3n) is 3.05. The van der Waals surface area contributed by atoms with Gasteiger partial charge in [-0.1, -0.05) is 0 Å². The topological polar surface area (TPSA) is 143 Å². The molecule has 122 valence electrons. The van der Waals surface area contributed by atoms with Crippen LogP contribution in [-0.2, 0) is 4.79 Å². The fourth-order valence-corrected chi connectivity index (χ4v) is 1.91. The van der Waals surface area contributed by atoms with E-state index in [9.17, 15) is 24.4 Å². The van der Waals surface area contributed by atoms with Crippen LogP contribution < -0.4 is 11.1 Å². The van der Waals surface area contributed by atoms with Gasteiger partial charge in [0.2, 0.25) is 17.0 Å². The van der Waals surface area contributed by atoms with E-state index in [4.69, 9.17) is 9.62 Å². The lowest BCUT2D eigenvalue weighted by atomic mass is 10.1. The smallest absolute Gasteiger partial charge is 0.321 e. The molecule has 1 aromatic heterocycles. The molecule has 0 amide bonds. The fourth-order valence-electron chi connectivity index (χ4n) is 1.91. The van der Waals surface area contributed by atoms with Gasteiger partial charge in [0.1, 0.15) is 0 Å². The molecule has 0 saturated heterocycles. The van der Waals surface area contributed by atoms with E-state index in [0.29, 0.717) is 0 Å². The van der Waals surface area contributed by atoms with Crippen LogP contribution in [0, 0.1) is 10.1 Å². The summed E-state index contributed by atoms with van der Waals surface area (Å²) in [6.45, 7) is 0. The zero-order chi connectivity index (χ0) is 17.4. The van der Waals surface area contributed by atoms with Crippen molar-refractivity contribution in [1.82, 2.24) is 15.3 Å². The monoisotopic (exact) mass is 334 g/mol. The number of nitrogens with zero attached hydrogens (tertiary/aromatic N) is 4. The minimum atomic E-state index is -1.14. The highest BCUT2D eigenvalue weighted by molar-refractivity contribution is 6.09. The highest BCUT2D eigenvalue weighted by Gasteiger charge is 2.30. The number of nitro groups is 1. The van der Waals surface area contributed by atoms with E-state index >= 15 is 0 Å². The van der Waals surface area contributed by atoms with E-state index < -0.39 is 28.1 Å². The van der Waals surface area contributed by atoms with Crippen molar-refractivity contribution in [2.75, 3.05) is 0 Å². The van der Waals surface area contributed by atoms with Gasteiger partial charge in [0.25, 0.3) is 5.78 Å². The normalized spacial score (nSPS) is 22.2. The highest BCUT2D eigenvalue weighted by Crippen LogP contribution is 2.18. The van der Waals surface area contributed by atoms with Crippen LogP contribution in [0.1, 0.15) is 0 Å². The lowest BCUT2D eigenvalue weighted by Crippen LogP contribution is -2.19. The molecule has 1 aliphatic heterocycles. The van der Waals surface area contributed by atoms with Crippen molar-refractivity contribution >= 4 is 16.9 Å². The van der Waals surface area contributed by atoms with E-state index in [1.165, 1.54) is 6.08 Å². The Morgan fingerprint density at radius 2 is 1.88 bits per heavy atom. The van der Waals surface area contributed by atoms with Crippen LogP contribution in [0.15, 0.2) is 52.3 Å². The summed E-state index contributed by atoms with van der Waals surface area (Å²) in [6.07, 6.45) is 5.06. The van der Waals surface area contributed by atoms with Crippen molar-refractivity contribution in [2.45, 2.75) is 0 Å². The molecule has 0 spiro atoms. The Hall–Kier alpha value is -3.60. The largest absolute Gasteiger partial charge is 0.504 e. The van der Waals surface area contributed by atoms with Crippen molar-refractivity contribution in [1.29, 1.82) is 0 Å². The van der Waals surface area contributed by atoms with Crippen LogP contribution in [0.5, 0.6) is 0 Å². The summed E-state index contributed by atoms with van der Waals surface area (Å²) in [5.74, 6) is -2.96. The number of carbonyl (C=O) groups excluding carboxylic acids is 1. The zero-order valence-corrected chi connectivity index (χ0v) is 11.6. The van der Waals surface area contributed by atoms with E-state index in [1.807, 2.05) is 0 Å². The maximum absolute atomic E-state index is 13.3. The number of aliphatic hydroxyl groups excluding tert-OH is 1. The van der Waals surface area contributed by atoms with Crippen LogP contribution in [0.25, 0.3) is 11.1 Å². The molecule has 0 saturated carbocycles. The summed E-state index contributed by atoms with van der Waals surface area (Å²) >= 11 is 0. The molecule has 3 rings (SSSR count). The third-order valence-corrected chi connectivity index (χ3v) is 3.05. The van der Waals surface area contributed by atoms with Crippen molar-refractivity contribution in [3.63, 3.8) is 0 Å². The number of rotatable bonds is 1. The lowest BCUT2D eigenvalue weighted by molar-refractivity contribution is -0.418. The summed E-state index contributed by atoms with van der Waals surface area (Å²) in [5.41, 5.74) is -1.10. The van der Waals surface area contributed by atoms with E-state index in [2.05, 4.69) is 10.2 Å². The third kappa shape index (κ3) is 2.59.